The first kappa shape index (κ1) is 21.0. The molecule has 2 aromatic carbocycles. The van der Waals surface area contributed by atoms with Gasteiger partial charge >= 0.3 is 6.03 Å². The number of anilines is 1. The van der Waals surface area contributed by atoms with Crippen LogP contribution in [0.2, 0.25) is 5.02 Å². The third kappa shape index (κ3) is 5.42. The van der Waals surface area contributed by atoms with Crippen LogP contribution in [-0.4, -0.2) is 21.5 Å². The molecule has 0 aliphatic carbocycles. The van der Waals surface area contributed by atoms with Crippen molar-refractivity contribution in [3.63, 3.8) is 0 Å². The van der Waals surface area contributed by atoms with E-state index >= 15 is 0 Å². The highest BCUT2D eigenvalue weighted by atomic mass is 35.5. The van der Waals surface area contributed by atoms with Crippen molar-refractivity contribution in [2.45, 2.75) is 46.3 Å². The maximum absolute atomic E-state index is 13.0. The molecular weight excluding hydrogens is 382 g/mol. The first-order valence-electron chi connectivity index (χ1n) is 9.99. The van der Waals surface area contributed by atoms with E-state index in [0.717, 1.165) is 28.4 Å². The van der Waals surface area contributed by atoms with Gasteiger partial charge in [-0.2, -0.15) is 0 Å². The Labute approximate surface area is 178 Å². The van der Waals surface area contributed by atoms with E-state index in [-0.39, 0.29) is 12.1 Å². The van der Waals surface area contributed by atoms with Crippen molar-refractivity contribution in [3.05, 3.63) is 88.7 Å². The average Bonchev–Trinajstić information content (AvgIpc) is 3.15. The van der Waals surface area contributed by atoms with Crippen LogP contribution >= 0.6 is 11.6 Å². The molecule has 0 aliphatic rings. The minimum atomic E-state index is -0.0892. The molecule has 0 fully saturated rings. The summed E-state index contributed by atoms with van der Waals surface area (Å²) >= 11 is 6.34. The second-order valence-corrected chi connectivity index (χ2v) is 7.81. The number of carbonyl (C=O) groups is 1. The Balaban J connectivity index is 1.77. The quantitative estimate of drug-likeness (QED) is 0.486. The zero-order chi connectivity index (χ0) is 20.8. The van der Waals surface area contributed by atoms with Crippen molar-refractivity contribution in [1.82, 2.24) is 9.47 Å². The average molecular weight is 410 g/mol. The third-order valence-corrected chi connectivity index (χ3v) is 5.61. The molecular formula is C24H28ClN3O. The Bertz CT molecular complexity index is 949. The van der Waals surface area contributed by atoms with Gasteiger partial charge in [0.2, 0.25) is 0 Å². The first-order valence-corrected chi connectivity index (χ1v) is 10.4. The summed E-state index contributed by atoms with van der Waals surface area (Å²) in [4.78, 5) is 14.9. The van der Waals surface area contributed by atoms with E-state index in [9.17, 15) is 4.79 Å². The van der Waals surface area contributed by atoms with Crippen molar-refractivity contribution in [3.8, 4) is 0 Å². The molecule has 3 rings (SSSR count). The number of nitrogens with one attached hydrogen (secondary N) is 1. The maximum atomic E-state index is 13.0. The molecule has 1 unspecified atom stereocenters. The number of nitrogens with zero attached hydrogens (tertiary/aromatic N) is 2. The predicted molar refractivity (Wildman–Crippen MR) is 120 cm³/mol. The number of rotatable bonds is 7. The Kier molecular flexibility index (Phi) is 6.99. The minimum Gasteiger partial charge on any atom is -0.345 e. The molecule has 29 heavy (non-hydrogen) atoms. The van der Waals surface area contributed by atoms with Crippen LogP contribution < -0.4 is 5.32 Å². The summed E-state index contributed by atoms with van der Waals surface area (Å²) in [5, 5.41) is 3.78. The van der Waals surface area contributed by atoms with Gasteiger partial charge in [0.1, 0.15) is 0 Å². The van der Waals surface area contributed by atoms with Crippen molar-refractivity contribution in [2.75, 3.05) is 5.32 Å². The van der Waals surface area contributed by atoms with Crippen molar-refractivity contribution in [2.24, 2.45) is 0 Å². The maximum Gasteiger partial charge on any atom is 0.322 e. The number of hydrogen-bond acceptors (Lipinski definition) is 1. The smallest absolute Gasteiger partial charge is 0.322 e. The van der Waals surface area contributed by atoms with Gasteiger partial charge in [0.25, 0.3) is 0 Å². The fourth-order valence-corrected chi connectivity index (χ4v) is 3.41. The fourth-order valence-electron chi connectivity index (χ4n) is 3.21. The Morgan fingerprint density at radius 2 is 1.83 bits per heavy atom. The van der Waals surface area contributed by atoms with E-state index in [4.69, 9.17) is 11.6 Å². The zero-order valence-electron chi connectivity index (χ0n) is 17.2. The first-order chi connectivity index (χ1) is 14.0. The zero-order valence-corrected chi connectivity index (χ0v) is 18.0. The van der Waals surface area contributed by atoms with Crippen molar-refractivity contribution in [1.29, 1.82) is 0 Å². The van der Waals surface area contributed by atoms with Crippen LogP contribution in [0.5, 0.6) is 0 Å². The van der Waals surface area contributed by atoms with E-state index in [1.165, 1.54) is 5.56 Å². The molecule has 0 radical (unpaired) electrons. The summed E-state index contributed by atoms with van der Waals surface area (Å²) in [5.74, 6) is 0. The van der Waals surface area contributed by atoms with Crippen LogP contribution in [-0.2, 0) is 13.1 Å². The van der Waals surface area contributed by atoms with Crippen LogP contribution in [0.15, 0.2) is 66.9 Å². The number of benzene rings is 2. The van der Waals surface area contributed by atoms with E-state index in [1.807, 2.05) is 72.6 Å². The summed E-state index contributed by atoms with van der Waals surface area (Å²) in [6.07, 6.45) is 2.91. The van der Waals surface area contributed by atoms with Gasteiger partial charge in [0, 0.05) is 35.2 Å². The van der Waals surface area contributed by atoms with E-state index in [1.54, 1.807) is 0 Å². The van der Waals surface area contributed by atoms with E-state index in [2.05, 4.69) is 29.8 Å². The number of aromatic nitrogens is 1. The van der Waals surface area contributed by atoms with E-state index < -0.39 is 0 Å². The van der Waals surface area contributed by atoms with Gasteiger partial charge in [0.15, 0.2) is 0 Å². The van der Waals surface area contributed by atoms with Gasteiger partial charge in [-0.1, -0.05) is 54.4 Å². The molecule has 4 nitrogen and oxygen atoms in total. The molecule has 1 N–H and O–H groups in total. The van der Waals surface area contributed by atoms with Crippen LogP contribution in [0.1, 0.15) is 37.1 Å². The lowest BCUT2D eigenvalue weighted by Gasteiger charge is -2.29. The minimum absolute atomic E-state index is 0.0892. The molecule has 5 heteroatoms. The number of urea groups is 1. The van der Waals surface area contributed by atoms with Crippen LogP contribution in [0.3, 0.4) is 0 Å². The number of carbonyl (C=O) groups excluding carboxylic acids is 1. The van der Waals surface area contributed by atoms with Crippen LogP contribution in [0, 0.1) is 6.92 Å². The van der Waals surface area contributed by atoms with Gasteiger partial charge in [-0.3, -0.25) is 0 Å². The highest BCUT2D eigenvalue weighted by Gasteiger charge is 2.21. The highest BCUT2D eigenvalue weighted by Crippen LogP contribution is 2.20. The molecule has 2 amide bonds. The van der Waals surface area contributed by atoms with Gasteiger partial charge in [0.05, 0.1) is 6.54 Å². The second-order valence-electron chi connectivity index (χ2n) is 7.40. The fraction of sp³-hybridized carbons (Fsp3) is 0.292. The van der Waals surface area contributed by atoms with Crippen LogP contribution in [0.25, 0.3) is 0 Å². The number of hydrogen-bond donors (Lipinski definition) is 1. The standard InChI is InChI=1S/C24H28ClN3O/c1-4-19(3)28(24(29)26-21-13-11-18(2)12-14-21)17-22-9-7-15-27(22)16-20-8-5-6-10-23(20)25/h5-15,19H,4,16-17H2,1-3H3,(H,26,29). The van der Waals surface area contributed by atoms with Crippen LogP contribution in [0.4, 0.5) is 10.5 Å². The molecule has 3 aromatic rings. The molecule has 0 saturated heterocycles. The molecule has 0 saturated carbocycles. The summed E-state index contributed by atoms with van der Waals surface area (Å²) in [6.45, 7) is 7.42. The van der Waals surface area contributed by atoms with Crippen molar-refractivity contribution < 1.29 is 4.79 Å². The molecule has 0 aliphatic heterocycles. The van der Waals surface area contributed by atoms with Gasteiger partial charge in [-0.25, -0.2) is 4.79 Å². The third-order valence-electron chi connectivity index (χ3n) is 5.24. The lowest BCUT2D eigenvalue weighted by atomic mass is 10.2. The molecule has 1 atom stereocenters. The number of amides is 2. The molecule has 0 bridgehead atoms. The summed E-state index contributed by atoms with van der Waals surface area (Å²) in [7, 11) is 0. The number of aryl methyl sites for hydroxylation is 1. The summed E-state index contributed by atoms with van der Waals surface area (Å²) in [6, 6.07) is 19.8. The lowest BCUT2D eigenvalue weighted by Crippen LogP contribution is -2.41. The normalized spacial score (nSPS) is 11.9. The van der Waals surface area contributed by atoms with Gasteiger partial charge in [-0.05, 0) is 56.2 Å². The van der Waals surface area contributed by atoms with E-state index in [0.29, 0.717) is 13.1 Å². The molecule has 1 aromatic heterocycles. The molecule has 0 spiro atoms. The van der Waals surface area contributed by atoms with Crippen molar-refractivity contribution >= 4 is 23.3 Å². The monoisotopic (exact) mass is 409 g/mol. The molecule has 152 valence electrons. The Morgan fingerprint density at radius 1 is 1.10 bits per heavy atom. The highest BCUT2D eigenvalue weighted by molar-refractivity contribution is 6.31. The topological polar surface area (TPSA) is 37.3 Å². The summed E-state index contributed by atoms with van der Waals surface area (Å²) in [5.41, 5.74) is 4.11. The number of halogens is 1. The Hall–Kier alpha value is -2.72. The predicted octanol–water partition coefficient (Wildman–Crippen LogP) is 6.33. The molecule has 1 heterocycles. The lowest BCUT2D eigenvalue weighted by molar-refractivity contribution is 0.185. The largest absolute Gasteiger partial charge is 0.345 e. The Morgan fingerprint density at radius 3 is 2.52 bits per heavy atom. The second kappa shape index (κ2) is 9.66. The van der Waals surface area contributed by atoms with Gasteiger partial charge < -0.3 is 14.8 Å². The van der Waals surface area contributed by atoms with Gasteiger partial charge in [-0.15, -0.1) is 0 Å². The SMILES string of the molecule is CCC(C)N(Cc1cccn1Cc1ccccc1Cl)C(=O)Nc1ccc(C)cc1. The summed E-state index contributed by atoms with van der Waals surface area (Å²) < 4.78 is 2.15.